The number of methoxy groups -OCH3 is 1. The monoisotopic (exact) mass is 315 g/mol. The molecule has 1 aromatic heterocycles. The van der Waals surface area contributed by atoms with E-state index in [1.807, 2.05) is 0 Å². The number of carbonyl (C=O) groups is 2. The molecule has 0 spiro atoms. The predicted molar refractivity (Wildman–Crippen MR) is 82.3 cm³/mol. The summed E-state index contributed by atoms with van der Waals surface area (Å²) in [6, 6.07) is 8.69. The molecule has 2 amide bonds. The molecule has 2 heterocycles. The van der Waals surface area contributed by atoms with Gasteiger partial charge in [0.05, 0.1) is 13.0 Å². The first-order valence-corrected chi connectivity index (χ1v) is 7.24. The smallest absolute Gasteiger partial charge is 0.276 e. The van der Waals surface area contributed by atoms with E-state index in [1.54, 1.807) is 49.3 Å². The van der Waals surface area contributed by atoms with E-state index < -0.39 is 0 Å². The fourth-order valence-corrected chi connectivity index (χ4v) is 2.36. The Kier molecular flexibility index (Phi) is 4.01. The molecular formula is C16H17N3O4. The first-order valence-electron chi connectivity index (χ1n) is 7.24. The Bertz CT molecular complexity index is 717. The lowest BCUT2D eigenvalue weighted by Gasteiger charge is -2.37. The summed E-state index contributed by atoms with van der Waals surface area (Å²) < 4.78 is 9.96. The number of nitrogens with one attached hydrogen (secondary N) is 1. The number of ether oxygens (including phenoxy) is 1. The van der Waals surface area contributed by atoms with E-state index in [-0.39, 0.29) is 23.4 Å². The Morgan fingerprint density at radius 2 is 2.00 bits per heavy atom. The molecule has 0 aliphatic carbocycles. The number of carbonyl (C=O) groups excluding carboxylic acids is 2. The molecule has 0 unspecified atom stereocenters. The van der Waals surface area contributed by atoms with E-state index in [0.717, 1.165) is 5.75 Å². The van der Waals surface area contributed by atoms with Crippen molar-refractivity contribution in [3.05, 3.63) is 41.8 Å². The second-order valence-electron chi connectivity index (χ2n) is 5.45. The highest BCUT2D eigenvalue weighted by atomic mass is 16.5. The largest absolute Gasteiger partial charge is 0.497 e. The van der Waals surface area contributed by atoms with Gasteiger partial charge in [-0.2, -0.15) is 0 Å². The molecule has 3 rings (SSSR count). The van der Waals surface area contributed by atoms with Crippen molar-refractivity contribution in [3.8, 4) is 5.75 Å². The fourth-order valence-electron chi connectivity index (χ4n) is 2.36. The Morgan fingerprint density at radius 3 is 2.57 bits per heavy atom. The zero-order valence-electron chi connectivity index (χ0n) is 12.9. The minimum absolute atomic E-state index is 0.101. The number of aromatic nitrogens is 1. The molecule has 1 aromatic carbocycles. The fraction of sp³-hybridized carbons (Fsp3) is 0.312. The Hall–Kier alpha value is -2.83. The summed E-state index contributed by atoms with van der Waals surface area (Å²) >= 11 is 0. The van der Waals surface area contributed by atoms with Crippen molar-refractivity contribution >= 4 is 17.5 Å². The number of rotatable bonds is 4. The molecule has 1 saturated heterocycles. The van der Waals surface area contributed by atoms with Gasteiger partial charge in [-0.15, -0.1) is 0 Å². The number of hydrogen-bond donors (Lipinski definition) is 1. The van der Waals surface area contributed by atoms with Crippen molar-refractivity contribution in [3.63, 3.8) is 0 Å². The van der Waals surface area contributed by atoms with E-state index in [0.29, 0.717) is 24.5 Å². The number of anilines is 1. The number of hydrogen-bond acceptors (Lipinski definition) is 5. The highest BCUT2D eigenvalue weighted by molar-refractivity contribution is 5.97. The number of benzene rings is 1. The summed E-state index contributed by atoms with van der Waals surface area (Å²) in [5, 5.41) is 6.53. The van der Waals surface area contributed by atoms with Crippen LogP contribution in [0.3, 0.4) is 0 Å². The van der Waals surface area contributed by atoms with Crippen molar-refractivity contribution < 1.29 is 18.8 Å². The Labute approximate surface area is 133 Å². The third-order valence-corrected chi connectivity index (χ3v) is 3.74. The number of nitrogens with zero attached hydrogens (tertiary/aromatic N) is 2. The maximum Gasteiger partial charge on any atom is 0.276 e. The van der Waals surface area contributed by atoms with Crippen molar-refractivity contribution in [2.45, 2.75) is 6.92 Å². The SMILES string of the molecule is COc1ccc(NC(=O)C2CN(C(=O)c3cc(C)on3)C2)cc1. The maximum atomic E-state index is 12.1. The van der Waals surface area contributed by atoms with Crippen molar-refractivity contribution in [1.82, 2.24) is 10.1 Å². The molecule has 120 valence electrons. The zero-order valence-corrected chi connectivity index (χ0v) is 12.9. The van der Waals surface area contributed by atoms with E-state index in [9.17, 15) is 9.59 Å². The normalized spacial score (nSPS) is 14.3. The predicted octanol–water partition coefficient (Wildman–Crippen LogP) is 1.70. The summed E-state index contributed by atoms with van der Waals surface area (Å²) in [6.07, 6.45) is 0. The van der Waals surface area contributed by atoms with Gasteiger partial charge in [0, 0.05) is 24.8 Å². The van der Waals surface area contributed by atoms with Crippen LogP contribution in [-0.2, 0) is 4.79 Å². The third kappa shape index (κ3) is 3.18. The Balaban J connectivity index is 1.52. The average molecular weight is 315 g/mol. The van der Waals surface area contributed by atoms with Crippen LogP contribution >= 0.6 is 0 Å². The number of amides is 2. The van der Waals surface area contributed by atoms with Gasteiger partial charge < -0.3 is 19.5 Å². The molecule has 1 aliphatic heterocycles. The summed E-state index contributed by atoms with van der Waals surface area (Å²) in [4.78, 5) is 25.8. The third-order valence-electron chi connectivity index (χ3n) is 3.74. The molecule has 0 radical (unpaired) electrons. The molecule has 1 fully saturated rings. The number of likely N-dealkylation sites (tertiary alicyclic amines) is 1. The molecule has 7 nitrogen and oxygen atoms in total. The lowest BCUT2D eigenvalue weighted by Crippen LogP contribution is -2.54. The van der Waals surface area contributed by atoms with Gasteiger partial charge in [0.2, 0.25) is 5.91 Å². The van der Waals surface area contributed by atoms with E-state index >= 15 is 0 Å². The first kappa shape index (κ1) is 15.1. The molecule has 7 heteroatoms. The van der Waals surface area contributed by atoms with Gasteiger partial charge in [-0.25, -0.2) is 0 Å². The van der Waals surface area contributed by atoms with Crippen LogP contribution in [0, 0.1) is 12.8 Å². The maximum absolute atomic E-state index is 12.1. The van der Waals surface area contributed by atoms with Gasteiger partial charge in [0.25, 0.3) is 5.91 Å². The van der Waals surface area contributed by atoms with Crippen LogP contribution in [-0.4, -0.2) is 42.1 Å². The molecule has 0 bridgehead atoms. The van der Waals surface area contributed by atoms with Gasteiger partial charge in [-0.3, -0.25) is 9.59 Å². The highest BCUT2D eigenvalue weighted by Crippen LogP contribution is 2.21. The van der Waals surface area contributed by atoms with Gasteiger partial charge in [-0.1, -0.05) is 5.16 Å². The lowest BCUT2D eigenvalue weighted by atomic mass is 9.98. The van der Waals surface area contributed by atoms with Gasteiger partial charge >= 0.3 is 0 Å². The summed E-state index contributed by atoms with van der Waals surface area (Å²) in [7, 11) is 1.59. The minimum atomic E-state index is -0.214. The summed E-state index contributed by atoms with van der Waals surface area (Å²) in [5.41, 5.74) is 0.976. The second kappa shape index (κ2) is 6.12. The molecule has 2 aromatic rings. The van der Waals surface area contributed by atoms with Crippen LogP contribution in [0.1, 0.15) is 16.2 Å². The quantitative estimate of drug-likeness (QED) is 0.928. The summed E-state index contributed by atoms with van der Waals surface area (Å²) in [5.74, 6) is 0.786. The van der Waals surface area contributed by atoms with Crippen molar-refractivity contribution in [2.24, 2.45) is 5.92 Å². The second-order valence-corrected chi connectivity index (χ2v) is 5.45. The van der Waals surface area contributed by atoms with Crippen LogP contribution in [0.25, 0.3) is 0 Å². The van der Waals surface area contributed by atoms with Crippen molar-refractivity contribution in [1.29, 1.82) is 0 Å². The molecular weight excluding hydrogens is 298 g/mol. The van der Waals surface area contributed by atoms with E-state index in [1.165, 1.54) is 0 Å². The van der Waals surface area contributed by atoms with Gasteiger partial charge in [-0.05, 0) is 31.2 Å². The van der Waals surface area contributed by atoms with Crippen LogP contribution in [0.4, 0.5) is 5.69 Å². The van der Waals surface area contributed by atoms with Gasteiger partial charge in [0.15, 0.2) is 5.69 Å². The van der Waals surface area contributed by atoms with Crippen LogP contribution in [0.15, 0.2) is 34.9 Å². The summed E-state index contributed by atoms with van der Waals surface area (Å²) in [6.45, 7) is 2.49. The average Bonchev–Trinajstić information content (AvgIpc) is 2.93. The van der Waals surface area contributed by atoms with Crippen LogP contribution in [0.5, 0.6) is 5.75 Å². The molecule has 1 N–H and O–H groups in total. The molecule has 0 atom stereocenters. The molecule has 23 heavy (non-hydrogen) atoms. The van der Waals surface area contributed by atoms with Crippen LogP contribution in [0.2, 0.25) is 0 Å². The number of aryl methyl sites for hydroxylation is 1. The molecule has 0 saturated carbocycles. The standard InChI is InChI=1S/C16H17N3O4/c1-10-7-14(18-23-10)16(21)19-8-11(9-19)15(20)17-12-3-5-13(22-2)6-4-12/h3-7,11H,8-9H2,1-2H3,(H,17,20). The minimum Gasteiger partial charge on any atom is -0.497 e. The highest BCUT2D eigenvalue weighted by Gasteiger charge is 2.37. The lowest BCUT2D eigenvalue weighted by molar-refractivity contribution is -0.123. The Morgan fingerprint density at radius 1 is 1.30 bits per heavy atom. The van der Waals surface area contributed by atoms with E-state index in [4.69, 9.17) is 9.26 Å². The zero-order chi connectivity index (χ0) is 16.4. The molecule has 1 aliphatic rings. The van der Waals surface area contributed by atoms with E-state index in [2.05, 4.69) is 10.5 Å². The first-order chi connectivity index (χ1) is 11.1. The van der Waals surface area contributed by atoms with Crippen LogP contribution < -0.4 is 10.1 Å². The van der Waals surface area contributed by atoms with Gasteiger partial charge in [0.1, 0.15) is 11.5 Å². The topological polar surface area (TPSA) is 84.7 Å². The van der Waals surface area contributed by atoms with Crippen molar-refractivity contribution in [2.75, 3.05) is 25.5 Å².